The Morgan fingerprint density at radius 2 is 1.81 bits per heavy atom. The van der Waals surface area contributed by atoms with Crippen molar-refractivity contribution in [2.24, 2.45) is 7.05 Å². The first-order valence-corrected chi connectivity index (χ1v) is 9.66. The summed E-state index contributed by atoms with van der Waals surface area (Å²) in [6, 6.07) is 7.69. The standard InChI is InChI=1S/C20H27ClN4O2/c1-15-18(19(21)23(2)22-15)14-25-10-6-9-24(11-12-25)13-16-7-4-5-8-17(16)20(26)27-3/h4-5,7-8H,6,9-14H2,1-3H3. The van der Waals surface area contributed by atoms with Crippen LogP contribution in [-0.4, -0.2) is 58.8 Å². The molecule has 0 radical (unpaired) electrons. The smallest absolute Gasteiger partial charge is 0.338 e. The van der Waals surface area contributed by atoms with E-state index in [9.17, 15) is 4.79 Å². The number of hydrogen-bond acceptors (Lipinski definition) is 5. The van der Waals surface area contributed by atoms with Gasteiger partial charge < -0.3 is 4.74 Å². The van der Waals surface area contributed by atoms with Crippen LogP contribution in [0.15, 0.2) is 24.3 Å². The zero-order valence-electron chi connectivity index (χ0n) is 16.2. The normalized spacial score (nSPS) is 16.3. The van der Waals surface area contributed by atoms with Gasteiger partial charge in [0.25, 0.3) is 0 Å². The van der Waals surface area contributed by atoms with Crippen molar-refractivity contribution in [2.75, 3.05) is 33.3 Å². The number of ether oxygens (including phenoxy) is 1. The highest BCUT2D eigenvalue weighted by Crippen LogP contribution is 2.21. The Morgan fingerprint density at radius 3 is 2.44 bits per heavy atom. The third-order valence-corrected chi connectivity index (χ3v) is 5.62. The van der Waals surface area contributed by atoms with Crippen molar-refractivity contribution >= 4 is 17.6 Å². The molecule has 0 saturated carbocycles. The third kappa shape index (κ3) is 4.69. The van der Waals surface area contributed by atoms with Gasteiger partial charge in [0.05, 0.1) is 18.4 Å². The SMILES string of the molecule is COC(=O)c1ccccc1CN1CCCN(Cc2c(C)nn(C)c2Cl)CC1. The molecule has 0 bridgehead atoms. The molecular formula is C20H27ClN4O2. The Hall–Kier alpha value is -1.89. The monoisotopic (exact) mass is 390 g/mol. The summed E-state index contributed by atoms with van der Waals surface area (Å²) in [6.45, 7) is 7.54. The van der Waals surface area contributed by atoms with Crippen LogP contribution in [0.1, 0.15) is 33.6 Å². The molecule has 0 N–H and O–H groups in total. The molecule has 3 rings (SSSR count). The quantitative estimate of drug-likeness (QED) is 0.735. The molecule has 6 nitrogen and oxygen atoms in total. The highest BCUT2D eigenvalue weighted by atomic mass is 35.5. The maximum absolute atomic E-state index is 12.0. The first-order chi connectivity index (χ1) is 13.0. The highest BCUT2D eigenvalue weighted by molar-refractivity contribution is 6.30. The summed E-state index contributed by atoms with van der Waals surface area (Å²) < 4.78 is 6.65. The van der Waals surface area contributed by atoms with Crippen LogP contribution in [0.3, 0.4) is 0 Å². The van der Waals surface area contributed by atoms with Gasteiger partial charge in [0.1, 0.15) is 5.15 Å². The number of carbonyl (C=O) groups is 1. The number of esters is 1. The highest BCUT2D eigenvalue weighted by Gasteiger charge is 2.20. The average molecular weight is 391 g/mol. The molecule has 0 amide bonds. The van der Waals surface area contributed by atoms with Gasteiger partial charge in [0.2, 0.25) is 0 Å². The van der Waals surface area contributed by atoms with Crippen LogP contribution in [0.25, 0.3) is 0 Å². The van der Waals surface area contributed by atoms with Crippen LogP contribution in [0.5, 0.6) is 0 Å². The van der Waals surface area contributed by atoms with Crippen molar-refractivity contribution in [1.29, 1.82) is 0 Å². The van der Waals surface area contributed by atoms with E-state index in [4.69, 9.17) is 16.3 Å². The molecule has 0 spiro atoms. The van der Waals surface area contributed by atoms with E-state index in [2.05, 4.69) is 14.9 Å². The molecule has 1 saturated heterocycles. The van der Waals surface area contributed by atoms with Gasteiger partial charge in [-0.3, -0.25) is 14.5 Å². The Bertz CT molecular complexity index is 805. The first kappa shape index (κ1) is 19.9. The van der Waals surface area contributed by atoms with Gasteiger partial charge in [-0.1, -0.05) is 29.8 Å². The Balaban J connectivity index is 1.63. The van der Waals surface area contributed by atoms with Crippen LogP contribution in [0.2, 0.25) is 5.15 Å². The second-order valence-corrected chi connectivity index (χ2v) is 7.39. The number of aromatic nitrogens is 2. The zero-order valence-corrected chi connectivity index (χ0v) is 17.0. The van der Waals surface area contributed by atoms with Crippen LogP contribution < -0.4 is 0 Å². The Morgan fingerprint density at radius 1 is 1.15 bits per heavy atom. The van der Waals surface area contributed by atoms with Gasteiger partial charge >= 0.3 is 5.97 Å². The fourth-order valence-electron chi connectivity index (χ4n) is 3.63. The Labute approximate surface area is 165 Å². The molecule has 1 aromatic carbocycles. The van der Waals surface area contributed by atoms with Gasteiger partial charge in [0.15, 0.2) is 0 Å². The lowest BCUT2D eigenvalue weighted by Crippen LogP contribution is -2.30. The summed E-state index contributed by atoms with van der Waals surface area (Å²) in [7, 11) is 3.30. The van der Waals surface area contributed by atoms with E-state index in [-0.39, 0.29) is 5.97 Å². The topological polar surface area (TPSA) is 50.6 Å². The number of nitrogens with zero attached hydrogens (tertiary/aromatic N) is 4. The van der Waals surface area contributed by atoms with Crippen molar-refractivity contribution in [3.05, 3.63) is 51.8 Å². The molecule has 1 aliphatic heterocycles. The predicted molar refractivity (Wildman–Crippen MR) is 106 cm³/mol. The second kappa shape index (κ2) is 8.87. The van der Waals surface area contributed by atoms with Crippen LogP contribution >= 0.6 is 11.6 Å². The lowest BCUT2D eigenvalue weighted by Gasteiger charge is -2.22. The number of halogens is 1. The fourth-order valence-corrected chi connectivity index (χ4v) is 3.86. The molecule has 1 fully saturated rings. The van der Waals surface area contributed by atoms with Crippen molar-refractivity contribution in [2.45, 2.75) is 26.4 Å². The fraction of sp³-hybridized carbons (Fsp3) is 0.500. The van der Waals surface area contributed by atoms with Crippen molar-refractivity contribution in [3.8, 4) is 0 Å². The van der Waals surface area contributed by atoms with Gasteiger partial charge in [-0.2, -0.15) is 5.10 Å². The maximum atomic E-state index is 12.0. The molecular weight excluding hydrogens is 364 g/mol. The van der Waals surface area contributed by atoms with Crippen molar-refractivity contribution < 1.29 is 9.53 Å². The third-order valence-electron chi connectivity index (χ3n) is 5.15. The number of aryl methyl sites for hydroxylation is 2. The van der Waals surface area contributed by atoms with Crippen LogP contribution in [-0.2, 0) is 24.9 Å². The Kier molecular flexibility index (Phi) is 6.52. The minimum absolute atomic E-state index is 0.274. The molecule has 1 aromatic heterocycles. The van der Waals surface area contributed by atoms with Crippen LogP contribution in [0, 0.1) is 6.92 Å². The number of carbonyl (C=O) groups excluding carboxylic acids is 1. The number of hydrogen-bond donors (Lipinski definition) is 0. The van der Waals surface area contributed by atoms with E-state index in [0.29, 0.717) is 5.56 Å². The van der Waals surface area contributed by atoms with Gasteiger partial charge in [-0.25, -0.2) is 4.79 Å². The molecule has 0 aliphatic carbocycles. The van der Waals surface area contributed by atoms with E-state index in [0.717, 1.165) is 67.7 Å². The maximum Gasteiger partial charge on any atom is 0.338 e. The number of rotatable bonds is 5. The molecule has 2 heterocycles. The summed E-state index contributed by atoms with van der Waals surface area (Å²) >= 11 is 6.39. The summed E-state index contributed by atoms with van der Waals surface area (Å²) in [4.78, 5) is 16.8. The van der Waals surface area contributed by atoms with E-state index in [1.165, 1.54) is 7.11 Å². The van der Waals surface area contributed by atoms with Gasteiger partial charge in [-0.15, -0.1) is 0 Å². The van der Waals surface area contributed by atoms with E-state index in [1.807, 2.05) is 38.2 Å². The second-order valence-electron chi connectivity index (χ2n) is 7.03. The van der Waals surface area contributed by atoms with Crippen molar-refractivity contribution in [1.82, 2.24) is 19.6 Å². The van der Waals surface area contributed by atoms with Crippen molar-refractivity contribution in [3.63, 3.8) is 0 Å². The summed E-state index contributed by atoms with van der Waals surface area (Å²) in [5, 5.41) is 5.13. The first-order valence-electron chi connectivity index (χ1n) is 9.28. The zero-order chi connectivity index (χ0) is 19.4. The minimum atomic E-state index is -0.274. The molecule has 0 unspecified atom stereocenters. The molecule has 146 valence electrons. The molecule has 1 aliphatic rings. The largest absolute Gasteiger partial charge is 0.465 e. The predicted octanol–water partition coefficient (Wildman–Crippen LogP) is 2.88. The lowest BCUT2D eigenvalue weighted by atomic mass is 10.1. The average Bonchev–Trinajstić information content (AvgIpc) is 2.83. The minimum Gasteiger partial charge on any atom is -0.465 e. The lowest BCUT2D eigenvalue weighted by molar-refractivity contribution is 0.0598. The number of methoxy groups -OCH3 is 1. The summed E-state index contributed by atoms with van der Waals surface area (Å²) in [6.07, 6.45) is 1.08. The molecule has 27 heavy (non-hydrogen) atoms. The number of benzene rings is 1. The van der Waals surface area contributed by atoms with E-state index >= 15 is 0 Å². The van der Waals surface area contributed by atoms with E-state index < -0.39 is 0 Å². The van der Waals surface area contributed by atoms with E-state index in [1.54, 1.807) is 4.68 Å². The molecule has 7 heteroatoms. The van der Waals surface area contributed by atoms with Gasteiger partial charge in [-0.05, 0) is 38.1 Å². The molecule has 2 aromatic rings. The summed E-state index contributed by atoms with van der Waals surface area (Å²) in [5.41, 5.74) is 3.78. The van der Waals surface area contributed by atoms with Gasteiger partial charge in [0, 0.05) is 38.8 Å². The summed E-state index contributed by atoms with van der Waals surface area (Å²) in [5.74, 6) is -0.274. The van der Waals surface area contributed by atoms with Crippen LogP contribution in [0.4, 0.5) is 0 Å². The molecule has 0 atom stereocenters.